The van der Waals surface area contributed by atoms with E-state index in [1.54, 1.807) is 19.1 Å². The van der Waals surface area contributed by atoms with Gasteiger partial charge in [0.2, 0.25) is 10.0 Å². The van der Waals surface area contributed by atoms with Crippen molar-refractivity contribution in [3.63, 3.8) is 0 Å². The van der Waals surface area contributed by atoms with Gasteiger partial charge in [-0.25, -0.2) is 8.42 Å². The van der Waals surface area contributed by atoms with Crippen molar-refractivity contribution in [3.05, 3.63) is 59.7 Å². The molecule has 142 valence electrons. The van der Waals surface area contributed by atoms with Crippen molar-refractivity contribution in [2.45, 2.75) is 24.5 Å². The lowest BCUT2D eigenvalue weighted by Gasteiger charge is -2.22. The van der Waals surface area contributed by atoms with Gasteiger partial charge >= 0.3 is 6.18 Å². The highest BCUT2D eigenvalue weighted by Gasteiger charge is 2.32. The molecule has 0 unspecified atom stereocenters. The van der Waals surface area contributed by atoms with Gasteiger partial charge in [-0.1, -0.05) is 25.1 Å². The standard InChI is InChI=1S/C18H21F3N2O2S/c1-4-23(13-14-8-10-16(11-9-14)22(2)3)26(24,25)17-7-5-6-15(12-17)18(19,20)21/h5-12H,4,13H2,1-3H3. The molecule has 0 heterocycles. The van der Waals surface area contributed by atoms with Crippen LogP contribution in [0.25, 0.3) is 0 Å². The third-order valence-corrected chi connectivity index (χ3v) is 5.88. The van der Waals surface area contributed by atoms with Crippen LogP contribution in [0.15, 0.2) is 53.4 Å². The molecule has 0 saturated carbocycles. The fraction of sp³-hybridized carbons (Fsp3) is 0.333. The molecule has 0 spiro atoms. The second-order valence-electron chi connectivity index (χ2n) is 6.02. The number of sulfonamides is 1. The molecule has 2 aromatic rings. The summed E-state index contributed by atoms with van der Waals surface area (Å²) in [6.45, 7) is 1.89. The van der Waals surface area contributed by atoms with E-state index < -0.39 is 21.8 Å². The smallest absolute Gasteiger partial charge is 0.378 e. The van der Waals surface area contributed by atoms with Crippen molar-refractivity contribution >= 4 is 15.7 Å². The average molecular weight is 386 g/mol. The van der Waals surface area contributed by atoms with Gasteiger partial charge in [0.25, 0.3) is 0 Å². The van der Waals surface area contributed by atoms with E-state index in [2.05, 4.69) is 0 Å². The van der Waals surface area contributed by atoms with Gasteiger partial charge in [-0.15, -0.1) is 0 Å². The minimum Gasteiger partial charge on any atom is -0.378 e. The van der Waals surface area contributed by atoms with E-state index in [0.717, 1.165) is 27.7 Å². The molecule has 0 amide bonds. The number of rotatable bonds is 6. The highest BCUT2D eigenvalue weighted by Crippen LogP contribution is 2.31. The van der Waals surface area contributed by atoms with E-state index in [4.69, 9.17) is 0 Å². The molecule has 0 aliphatic heterocycles. The predicted molar refractivity (Wildman–Crippen MR) is 95.5 cm³/mol. The summed E-state index contributed by atoms with van der Waals surface area (Å²) >= 11 is 0. The normalized spacial score (nSPS) is 12.4. The van der Waals surface area contributed by atoms with Crippen molar-refractivity contribution in [2.75, 3.05) is 25.5 Å². The number of halogens is 3. The monoisotopic (exact) mass is 386 g/mol. The van der Waals surface area contributed by atoms with Crippen LogP contribution >= 0.6 is 0 Å². The Morgan fingerprint density at radius 3 is 2.12 bits per heavy atom. The molecule has 0 aliphatic rings. The predicted octanol–water partition coefficient (Wildman–Crippen LogP) is 3.98. The molecular weight excluding hydrogens is 365 g/mol. The lowest BCUT2D eigenvalue weighted by atomic mass is 10.2. The molecular formula is C18H21F3N2O2S. The molecule has 0 bridgehead atoms. The summed E-state index contributed by atoms with van der Waals surface area (Å²) in [7, 11) is -0.247. The Kier molecular flexibility index (Phi) is 5.98. The van der Waals surface area contributed by atoms with Crippen molar-refractivity contribution in [3.8, 4) is 0 Å². The largest absolute Gasteiger partial charge is 0.416 e. The summed E-state index contributed by atoms with van der Waals surface area (Å²) in [4.78, 5) is 1.56. The summed E-state index contributed by atoms with van der Waals surface area (Å²) in [6.07, 6.45) is -4.59. The molecule has 8 heteroatoms. The number of alkyl halides is 3. The number of anilines is 1. The van der Waals surface area contributed by atoms with Crippen LogP contribution in [0.4, 0.5) is 18.9 Å². The Hall–Kier alpha value is -2.06. The van der Waals surface area contributed by atoms with Crippen LogP contribution in [0, 0.1) is 0 Å². The van der Waals surface area contributed by atoms with E-state index in [-0.39, 0.29) is 18.0 Å². The summed E-state index contributed by atoms with van der Waals surface area (Å²) in [5, 5.41) is 0. The van der Waals surface area contributed by atoms with Crippen molar-refractivity contribution in [2.24, 2.45) is 0 Å². The van der Waals surface area contributed by atoms with Gasteiger partial charge in [0.1, 0.15) is 0 Å². The van der Waals surface area contributed by atoms with Crippen molar-refractivity contribution < 1.29 is 21.6 Å². The highest BCUT2D eigenvalue weighted by molar-refractivity contribution is 7.89. The molecule has 2 rings (SSSR count). The molecule has 0 aromatic heterocycles. The van der Waals surface area contributed by atoms with Gasteiger partial charge in [0.15, 0.2) is 0 Å². The fourth-order valence-corrected chi connectivity index (χ4v) is 3.94. The molecule has 0 fully saturated rings. The van der Waals surface area contributed by atoms with Crippen LogP contribution in [0.1, 0.15) is 18.1 Å². The number of benzene rings is 2. The number of hydrogen-bond donors (Lipinski definition) is 0. The zero-order valence-corrected chi connectivity index (χ0v) is 15.6. The average Bonchev–Trinajstić information content (AvgIpc) is 2.59. The van der Waals surface area contributed by atoms with E-state index in [0.29, 0.717) is 6.07 Å². The molecule has 26 heavy (non-hydrogen) atoms. The van der Waals surface area contributed by atoms with Crippen LogP contribution in [0.5, 0.6) is 0 Å². The van der Waals surface area contributed by atoms with Crippen LogP contribution in [-0.4, -0.2) is 33.4 Å². The summed E-state index contributed by atoms with van der Waals surface area (Å²) in [5.41, 5.74) is 0.746. The van der Waals surface area contributed by atoms with Gasteiger partial charge in [-0.3, -0.25) is 0 Å². The number of hydrogen-bond acceptors (Lipinski definition) is 3. The topological polar surface area (TPSA) is 40.6 Å². The Bertz CT molecular complexity index is 847. The molecule has 2 aromatic carbocycles. The molecule has 0 saturated heterocycles. The first kappa shape index (κ1) is 20.3. The Morgan fingerprint density at radius 1 is 1.00 bits per heavy atom. The minimum absolute atomic E-state index is 0.0861. The molecule has 0 N–H and O–H groups in total. The molecule has 0 atom stereocenters. The minimum atomic E-state index is -4.59. The third-order valence-electron chi connectivity index (χ3n) is 3.96. The van der Waals surface area contributed by atoms with Gasteiger partial charge in [0.05, 0.1) is 10.5 Å². The summed E-state index contributed by atoms with van der Waals surface area (Å²) < 4.78 is 65.3. The van der Waals surface area contributed by atoms with Crippen LogP contribution in [0.2, 0.25) is 0 Å². The van der Waals surface area contributed by atoms with Crippen LogP contribution < -0.4 is 4.90 Å². The van der Waals surface area contributed by atoms with E-state index in [9.17, 15) is 21.6 Å². The maximum atomic E-state index is 12.9. The lowest BCUT2D eigenvalue weighted by Crippen LogP contribution is -2.30. The maximum Gasteiger partial charge on any atom is 0.416 e. The molecule has 0 aliphatic carbocycles. The Labute approximate surface area is 151 Å². The zero-order valence-electron chi connectivity index (χ0n) is 14.8. The van der Waals surface area contributed by atoms with Gasteiger partial charge in [-0.2, -0.15) is 17.5 Å². The first-order chi connectivity index (χ1) is 12.1. The zero-order chi connectivity index (χ0) is 19.5. The van der Waals surface area contributed by atoms with Crippen LogP contribution in [-0.2, 0) is 22.7 Å². The quantitative estimate of drug-likeness (QED) is 0.754. The fourth-order valence-electron chi connectivity index (χ4n) is 2.45. The van der Waals surface area contributed by atoms with Crippen molar-refractivity contribution in [1.82, 2.24) is 4.31 Å². The molecule has 0 radical (unpaired) electrons. The lowest BCUT2D eigenvalue weighted by molar-refractivity contribution is -0.137. The summed E-state index contributed by atoms with van der Waals surface area (Å²) in [5.74, 6) is 0. The SMILES string of the molecule is CCN(Cc1ccc(N(C)C)cc1)S(=O)(=O)c1cccc(C(F)(F)F)c1. The highest BCUT2D eigenvalue weighted by atomic mass is 32.2. The van der Waals surface area contributed by atoms with Crippen molar-refractivity contribution in [1.29, 1.82) is 0 Å². The first-order valence-electron chi connectivity index (χ1n) is 7.99. The Morgan fingerprint density at radius 2 is 1.62 bits per heavy atom. The molecule has 4 nitrogen and oxygen atoms in total. The van der Waals surface area contributed by atoms with Gasteiger partial charge < -0.3 is 4.90 Å². The maximum absolute atomic E-state index is 12.9. The van der Waals surface area contributed by atoms with E-state index >= 15 is 0 Å². The second-order valence-corrected chi connectivity index (χ2v) is 7.96. The third kappa shape index (κ3) is 4.56. The summed E-state index contributed by atoms with van der Waals surface area (Å²) in [6, 6.07) is 11.2. The van der Waals surface area contributed by atoms with E-state index in [1.165, 1.54) is 6.07 Å². The van der Waals surface area contributed by atoms with Gasteiger partial charge in [-0.05, 0) is 35.9 Å². The second kappa shape index (κ2) is 7.67. The Balaban J connectivity index is 2.30. The number of nitrogens with zero attached hydrogens (tertiary/aromatic N) is 2. The van der Waals surface area contributed by atoms with E-state index in [1.807, 2.05) is 31.1 Å². The van der Waals surface area contributed by atoms with Crippen LogP contribution in [0.3, 0.4) is 0 Å². The first-order valence-corrected chi connectivity index (χ1v) is 9.43. The van der Waals surface area contributed by atoms with Gasteiger partial charge in [0, 0.05) is 32.9 Å².